The quantitative estimate of drug-likeness (QED) is 0.398. The van der Waals surface area contributed by atoms with Crippen LogP contribution >= 0.6 is 0 Å². The number of alkyl carbamates (subject to hydrolysis) is 1. The zero-order valence-electron chi connectivity index (χ0n) is 12.1. The van der Waals surface area contributed by atoms with Crippen molar-refractivity contribution in [2.24, 2.45) is 5.92 Å². The molecule has 1 N–H and O–H groups in total. The Balaban J connectivity index is 4.01. The fourth-order valence-corrected chi connectivity index (χ4v) is 1.33. The van der Waals surface area contributed by atoms with Gasteiger partial charge in [0.15, 0.2) is 0 Å². The van der Waals surface area contributed by atoms with Crippen LogP contribution in [0.2, 0.25) is 0 Å². The van der Waals surface area contributed by atoms with Gasteiger partial charge in [0, 0.05) is 12.6 Å². The molecule has 110 valence electrons. The van der Waals surface area contributed by atoms with Crippen molar-refractivity contribution >= 4 is 12.1 Å². The van der Waals surface area contributed by atoms with Crippen LogP contribution in [0.3, 0.4) is 0 Å². The van der Waals surface area contributed by atoms with E-state index in [1.807, 2.05) is 13.8 Å². The highest BCUT2D eigenvalue weighted by Gasteiger charge is 2.19. The first-order valence-electron chi connectivity index (χ1n) is 6.74. The van der Waals surface area contributed by atoms with E-state index in [2.05, 4.69) is 18.8 Å². The minimum absolute atomic E-state index is 0.0465. The molecule has 0 saturated heterocycles. The summed E-state index contributed by atoms with van der Waals surface area (Å²) in [6, 6.07) is 0. The van der Waals surface area contributed by atoms with Gasteiger partial charge >= 0.3 is 12.1 Å². The first kappa shape index (κ1) is 17.5. The maximum absolute atomic E-state index is 11.5. The third kappa shape index (κ3) is 9.11. The molecule has 0 aliphatic heterocycles. The van der Waals surface area contributed by atoms with Gasteiger partial charge in [-0.1, -0.05) is 40.2 Å². The number of carbonyl (C=O) groups is 2. The van der Waals surface area contributed by atoms with Crippen LogP contribution in [0.1, 0.15) is 40.0 Å². The van der Waals surface area contributed by atoms with E-state index in [0.29, 0.717) is 6.54 Å². The SMILES string of the molecule is C=CC(=O)OCC(OC(=O)NCCCCC)C(C)C. The van der Waals surface area contributed by atoms with Crippen molar-refractivity contribution in [3.63, 3.8) is 0 Å². The Morgan fingerprint density at radius 3 is 2.53 bits per heavy atom. The van der Waals surface area contributed by atoms with Crippen LogP contribution in [-0.4, -0.2) is 31.3 Å². The second kappa shape index (κ2) is 10.4. The Hall–Kier alpha value is -1.52. The van der Waals surface area contributed by atoms with Gasteiger partial charge in [-0.3, -0.25) is 0 Å². The predicted molar refractivity (Wildman–Crippen MR) is 73.8 cm³/mol. The lowest BCUT2D eigenvalue weighted by Crippen LogP contribution is -2.35. The molecule has 0 aromatic heterocycles. The Kier molecular flexibility index (Phi) is 9.57. The molecule has 0 aliphatic rings. The number of nitrogens with one attached hydrogen (secondary N) is 1. The zero-order valence-corrected chi connectivity index (χ0v) is 12.1. The molecule has 0 aromatic rings. The summed E-state index contributed by atoms with van der Waals surface area (Å²) in [5.41, 5.74) is 0. The summed E-state index contributed by atoms with van der Waals surface area (Å²) in [6.07, 6.45) is 3.28. The number of unbranched alkanes of at least 4 members (excludes halogenated alkanes) is 2. The van der Waals surface area contributed by atoms with Crippen LogP contribution in [0.15, 0.2) is 12.7 Å². The number of hydrogen-bond donors (Lipinski definition) is 1. The fourth-order valence-electron chi connectivity index (χ4n) is 1.33. The van der Waals surface area contributed by atoms with Crippen molar-refractivity contribution in [3.05, 3.63) is 12.7 Å². The van der Waals surface area contributed by atoms with Gasteiger partial charge in [-0.05, 0) is 12.3 Å². The van der Waals surface area contributed by atoms with E-state index in [1.54, 1.807) is 0 Å². The molecule has 0 saturated carbocycles. The van der Waals surface area contributed by atoms with E-state index in [-0.39, 0.29) is 12.5 Å². The van der Waals surface area contributed by atoms with E-state index in [9.17, 15) is 9.59 Å². The van der Waals surface area contributed by atoms with Crippen LogP contribution in [0.4, 0.5) is 4.79 Å². The maximum Gasteiger partial charge on any atom is 0.407 e. The lowest BCUT2D eigenvalue weighted by atomic mass is 10.1. The third-order valence-corrected chi connectivity index (χ3v) is 2.61. The highest BCUT2D eigenvalue weighted by Crippen LogP contribution is 2.08. The fraction of sp³-hybridized carbons (Fsp3) is 0.714. The van der Waals surface area contributed by atoms with E-state index in [0.717, 1.165) is 25.3 Å². The minimum atomic E-state index is -0.516. The summed E-state index contributed by atoms with van der Waals surface area (Å²) >= 11 is 0. The van der Waals surface area contributed by atoms with Gasteiger partial charge in [-0.15, -0.1) is 0 Å². The van der Waals surface area contributed by atoms with Crippen LogP contribution in [0.25, 0.3) is 0 Å². The van der Waals surface area contributed by atoms with Crippen molar-refractivity contribution in [2.45, 2.75) is 46.1 Å². The van der Waals surface area contributed by atoms with Crippen molar-refractivity contribution in [1.82, 2.24) is 5.32 Å². The summed E-state index contributed by atoms with van der Waals surface area (Å²) in [4.78, 5) is 22.5. The number of rotatable bonds is 9. The van der Waals surface area contributed by atoms with Crippen LogP contribution in [0.5, 0.6) is 0 Å². The smallest absolute Gasteiger partial charge is 0.407 e. The largest absolute Gasteiger partial charge is 0.459 e. The molecular formula is C14H25NO4. The normalized spacial score (nSPS) is 11.8. The van der Waals surface area contributed by atoms with Gasteiger partial charge in [0.25, 0.3) is 0 Å². The minimum Gasteiger partial charge on any atom is -0.459 e. The van der Waals surface area contributed by atoms with Gasteiger partial charge < -0.3 is 14.8 Å². The summed E-state index contributed by atoms with van der Waals surface area (Å²) in [7, 11) is 0. The van der Waals surface area contributed by atoms with Crippen LogP contribution in [0, 0.1) is 5.92 Å². The van der Waals surface area contributed by atoms with Crippen molar-refractivity contribution in [2.75, 3.05) is 13.2 Å². The molecule has 0 aromatic carbocycles. The summed E-state index contributed by atoms with van der Waals surface area (Å²) < 4.78 is 10.1. The Labute approximate surface area is 115 Å². The molecule has 5 nitrogen and oxygen atoms in total. The average molecular weight is 271 g/mol. The molecule has 0 fully saturated rings. The summed E-state index contributed by atoms with van der Waals surface area (Å²) in [5.74, 6) is -0.448. The van der Waals surface area contributed by atoms with Gasteiger partial charge in [0.05, 0.1) is 0 Å². The molecule has 0 spiro atoms. The topological polar surface area (TPSA) is 64.6 Å². The number of amides is 1. The number of hydrogen-bond acceptors (Lipinski definition) is 4. The number of esters is 1. The van der Waals surface area contributed by atoms with E-state index in [1.165, 1.54) is 0 Å². The molecule has 1 atom stereocenters. The summed E-state index contributed by atoms with van der Waals surface area (Å²) in [6.45, 7) is 9.85. The van der Waals surface area contributed by atoms with E-state index < -0.39 is 18.2 Å². The summed E-state index contributed by atoms with van der Waals surface area (Å²) in [5, 5.41) is 2.68. The lowest BCUT2D eigenvalue weighted by molar-refractivity contribution is -0.141. The molecular weight excluding hydrogens is 246 g/mol. The van der Waals surface area contributed by atoms with Gasteiger partial charge in [-0.25, -0.2) is 9.59 Å². The first-order chi connectivity index (χ1) is 9.01. The van der Waals surface area contributed by atoms with Crippen LogP contribution in [-0.2, 0) is 14.3 Å². The monoisotopic (exact) mass is 271 g/mol. The van der Waals surface area contributed by atoms with Crippen molar-refractivity contribution in [3.8, 4) is 0 Å². The molecule has 1 amide bonds. The number of ether oxygens (including phenoxy) is 2. The van der Waals surface area contributed by atoms with E-state index in [4.69, 9.17) is 9.47 Å². The van der Waals surface area contributed by atoms with Gasteiger partial charge in [0.1, 0.15) is 12.7 Å². The molecule has 0 bridgehead atoms. The second-order valence-corrected chi connectivity index (χ2v) is 4.66. The molecule has 0 aliphatic carbocycles. The second-order valence-electron chi connectivity index (χ2n) is 4.66. The maximum atomic E-state index is 11.5. The highest BCUT2D eigenvalue weighted by molar-refractivity contribution is 5.81. The Morgan fingerprint density at radius 2 is 2.00 bits per heavy atom. The van der Waals surface area contributed by atoms with Gasteiger partial charge in [-0.2, -0.15) is 0 Å². The Morgan fingerprint density at radius 1 is 1.32 bits per heavy atom. The standard InChI is InChI=1S/C14H25NO4/c1-5-7-8-9-15-14(17)19-12(11(3)4)10-18-13(16)6-2/h6,11-12H,2,5,7-10H2,1,3-4H3,(H,15,17). The van der Waals surface area contributed by atoms with E-state index >= 15 is 0 Å². The van der Waals surface area contributed by atoms with Crippen molar-refractivity contribution < 1.29 is 19.1 Å². The van der Waals surface area contributed by atoms with Gasteiger partial charge in [0.2, 0.25) is 0 Å². The number of carbonyl (C=O) groups excluding carboxylic acids is 2. The Bertz CT molecular complexity index is 289. The first-order valence-corrected chi connectivity index (χ1v) is 6.74. The molecule has 5 heteroatoms. The van der Waals surface area contributed by atoms with Crippen LogP contribution < -0.4 is 5.32 Å². The molecule has 0 heterocycles. The molecule has 1 unspecified atom stereocenters. The molecule has 19 heavy (non-hydrogen) atoms. The lowest BCUT2D eigenvalue weighted by Gasteiger charge is -2.21. The third-order valence-electron chi connectivity index (χ3n) is 2.61. The average Bonchev–Trinajstić information content (AvgIpc) is 2.38. The van der Waals surface area contributed by atoms with Crippen molar-refractivity contribution in [1.29, 1.82) is 0 Å². The molecule has 0 rings (SSSR count). The highest BCUT2D eigenvalue weighted by atomic mass is 16.6. The molecule has 0 radical (unpaired) electrons. The predicted octanol–water partition coefficient (Wildman–Crippen LogP) is 2.66. The zero-order chi connectivity index (χ0) is 14.7.